The van der Waals surface area contributed by atoms with Crippen molar-refractivity contribution in [1.82, 2.24) is 0 Å². The molecule has 0 heterocycles. The summed E-state index contributed by atoms with van der Waals surface area (Å²) in [6.07, 6.45) is 0.222. The van der Waals surface area contributed by atoms with Gasteiger partial charge in [-0.15, -0.1) is 0 Å². The minimum absolute atomic E-state index is 0.101. The van der Waals surface area contributed by atoms with Gasteiger partial charge in [-0.3, -0.25) is 0 Å². The van der Waals surface area contributed by atoms with Gasteiger partial charge in [0.05, 0.1) is 7.11 Å². The molecule has 2 aromatic carbocycles. The number of hydrogen-bond donors (Lipinski definition) is 1. The molecule has 0 unspecified atom stereocenters. The quantitative estimate of drug-likeness (QED) is 0.942. The van der Waals surface area contributed by atoms with Crippen LogP contribution in [-0.2, 0) is 16.4 Å². The fraction of sp³-hybridized carbons (Fsp3) is 0.200. The van der Waals surface area contributed by atoms with Gasteiger partial charge in [-0.05, 0) is 24.1 Å². The highest BCUT2D eigenvalue weighted by Crippen LogP contribution is 2.29. The first-order chi connectivity index (χ1) is 9.84. The van der Waals surface area contributed by atoms with Gasteiger partial charge in [0.25, 0.3) is 0 Å². The van der Waals surface area contributed by atoms with Gasteiger partial charge in [0.15, 0.2) is 0 Å². The minimum atomic E-state index is -3.90. The van der Waals surface area contributed by atoms with Crippen LogP contribution in [0.3, 0.4) is 0 Å². The van der Waals surface area contributed by atoms with Crippen molar-refractivity contribution in [3.05, 3.63) is 58.9 Å². The van der Waals surface area contributed by atoms with E-state index in [1.54, 1.807) is 37.3 Å². The maximum atomic E-state index is 14.1. The molecule has 2 N–H and O–H groups in total. The Balaban J connectivity index is 2.53. The van der Waals surface area contributed by atoms with Gasteiger partial charge in [0.2, 0.25) is 10.0 Å². The van der Waals surface area contributed by atoms with Gasteiger partial charge >= 0.3 is 0 Å². The predicted molar refractivity (Wildman–Crippen MR) is 78.3 cm³/mol. The van der Waals surface area contributed by atoms with Crippen LogP contribution in [0.1, 0.15) is 16.7 Å². The maximum Gasteiger partial charge on any atom is 0.241 e. The van der Waals surface area contributed by atoms with Crippen molar-refractivity contribution in [3.63, 3.8) is 0 Å². The molecule has 0 fully saturated rings. The van der Waals surface area contributed by atoms with Crippen molar-refractivity contribution in [2.75, 3.05) is 7.11 Å². The SMILES string of the molecule is COc1c(Cc2cccc(C)c2F)cccc1S(N)(=O)=O. The second kappa shape index (κ2) is 5.83. The average Bonchev–Trinajstić information content (AvgIpc) is 2.42. The smallest absolute Gasteiger partial charge is 0.241 e. The molecular weight excluding hydrogens is 293 g/mol. The van der Waals surface area contributed by atoms with Crippen molar-refractivity contribution in [2.45, 2.75) is 18.2 Å². The molecule has 0 radical (unpaired) electrons. The number of benzene rings is 2. The van der Waals surface area contributed by atoms with E-state index in [0.717, 1.165) is 0 Å². The number of halogens is 1. The number of hydrogen-bond acceptors (Lipinski definition) is 3. The molecule has 4 nitrogen and oxygen atoms in total. The third-order valence-electron chi connectivity index (χ3n) is 3.22. The van der Waals surface area contributed by atoms with Crippen molar-refractivity contribution in [3.8, 4) is 5.75 Å². The Morgan fingerprint density at radius 3 is 2.38 bits per heavy atom. The summed E-state index contributed by atoms with van der Waals surface area (Å²) in [7, 11) is -2.54. The highest BCUT2D eigenvalue weighted by Gasteiger charge is 2.18. The third-order valence-corrected chi connectivity index (χ3v) is 4.16. The molecule has 0 amide bonds. The van der Waals surface area contributed by atoms with Crippen LogP contribution >= 0.6 is 0 Å². The average molecular weight is 309 g/mol. The number of methoxy groups -OCH3 is 1. The lowest BCUT2D eigenvalue weighted by Gasteiger charge is -2.13. The first-order valence-electron chi connectivity index (χ1n) is 6.27. The molecule has 0 aliphatic rings. The number of sulfonamides is 1. The monoisotopic (exact) mass is 309 g/mol. The Bertz CT molecular complexity index is 772. The number of ether oxygens (including phenoxy) is 1. The fourth-order valence-electron chi connectivity index (χ4n) is 2.21. The zero-order valence-electron chi connectivity index (χ0n) is 11.8. The van der Waals surface area contributed by atoms with Crippen LogP contribution in [0.2, 0.25) is 0 Å². The van der Waals surface area contributed by atoms with Crippen molar-refractivity contribution in [1.29, 1.82) is 0 Å². The van der Waals surface area contributed by atoms with E-state index in [9.17, 15) is 12.8 Å². The lowest BCUT2D eigenvalue weighted by atomic mass is 10.0. The third kappa shape index (κ3) is 3.22. The van der Waals surface area contributed by atoms with Crippen LogP contribution < -0.4 is 9.88 Å². The van der Waals surface area contributed by atoms with Crippen LogP contribution in [0.15, 0.2) is 41.3 Å². The summed E-state index contributed by atoms with van der Waals surface area (Å²) in [5, 5.41) is 5.17. The molecule has 2 rings (SSSR count). The van der Waals surface area contributed by atoms with E-state index in [1.165, 1.54) is 13.2 Å². The lowest BCUT2D eigenvalue weighted by molar-refractivity contribution is 0.398. The summed E-state index contributed by atoms with van der Waals surface area (Å²) in [5.41, 5.74) is 1.57. The predicted octanol–water partition coefficient (Wildman–Crippen LogP) is 2.38. The highest BCUT2D eigenvalue weighted by atomic mass is 32.2. The zero-order valence-corrected chi connectivity index (χ0v) is 12.6. The fourth-order valence-corrected chi connectivity index (χ4v) is 2.95. The number of nitrogens with two attached hydrogens (primary N) is 1. The number of aryl methyl sites for hydroxylation is 1. The van der Waals surface area contributed by atoms with Crippen molar-refractivity contribution >= 4 is 10.0 Å². The standard InChI is InChI=1S/C15H16FNO3S/c1-10-5-3-6-11(14(10)16)9-12-7-4-8-13(15(12)20-2)21(17,18)19/h3-8H,9H2,1-2H3,(H2,17,18,19). The molecule has 0 bridgehead atoms. The molecule has 6 heteroatoms. The Labute approximate surface area is 123 Å². The topological polar surface area (TPSA) is 69.4 Å². The van der Waals surface area contributed by atoms with Gasteiger partial charge in [-0.25, -0.2) is 17.9 Å². The largest absolute Gasteiger partial charge is 0.495 e. The normalized spacial score (nSPS) is 11.4. The summed E-state index contributed by atoms with van der Waals surface area (Å²) in [5.74, 6) is -0.151. The van der Waals surface area contributed by atoms with Gasteiger partial charge < -0.3 is 4.74 Å². The van der Waals surface area contributed by atoms with E-state index >= 15 is 0 Å². The molecule has 0 saturated carbocycles. The maximum absolute atomic E-state index is 14.1. The van der Waals surface area contributed by atoms with Gasteiger partial charge in [0.1, 0.15) is 16.5 Å². The summed E-state index contributed by atoms with van der Waals surface area (Å²) in [4.78, 5) is -0.101. The van der Waals surface area contributed by atoms with E-state index in [4.69, 9.17) is 9.88 Å². The first kappa shape index (κ1) is 15.5. The van der Waals surface area contributed by atoms with Crippen molar-refractivity contribution in [2.24, 2.45) is 5.14 Å². The van der Waals surface area contributed by atoms with E-state index < -0.39 is 10.0 Å². The van der Waals surface area contributed by atoms with Gasteiger partial charge in [-0.1, -0.05) is 30.3 Å². The van der Waals surface area contributed by atoms with E-state index in [1.807, 2.05) is 0 Å². The lowest BCUT2D eigenvalue weighted by Crippen LogP contribution is -2.14. The van der Waals surface area contributed by atoms with Crippen LogP contribution in [0.4, 0.5) is 4.39 Å². The van der Waals surface area contributed by atoms with Crippen LogP contribution in [0, 0.1) is 12.7 Å². The number of para-hydroxylation sites is 1. The molecule has 0 saturated heterocycles. The molecule has 0 aliphatic heterocycles. The van der Waals surface area contributed by atoms with Crippen LogP contribution in [0.5, 0.6) is 5.75 Å². The molecule has 2 aromatic rings. The van der Waals surface area contributed by atoms with E-state index in [2.05, 4.69) is 0 Å². The van der Waals surface area contributed by atoms with Crippen LogP contribution in [0.25, 0.3) is 0 Å². The summed E-state index contributed by atoms with van der Waals surface area (Å²) in [6, 6.07) is 9.71. The summed E-state index contributed by atoms with van der Waals surface area (Å²) >= 11 is 0. The Hall–Kier alpha value is -1.92. The zero-order chi connectivity index (χ0) is 15.6. The molecule has 0 spiro atoms. The molecule has 0 atom stereocenters. The Morgan fingerprint density at radius 2 is 1.76 bits per heavy atom. The van der Waals surface area contributed by atoms with Crippen LogP contribution in [-0.4, -0.2) is 15.5 Å². The molecular formula is C15H16FNO3S. The number of rotatable bonds is 4. The molecule has 112 valence electrons. The second-order valence-corrected chi connectivity index (χ2v) is 6.25. The molecule has 0 aliphatic carbocycles. The second-order valence-electron chi connectivity index (χ2n) is 4.72. The highest BCUT2D eigenvalue weighted by molar-refractivity contribution is 7.89. The summed E-state index contributed by atoms with van der Waals surface area (Å²) in [6.45, 7) is 1.68. The summed E-state index contributed by atoms with van der Waals surface area (Å²) < 4.78 is 42.4. The Morgan fingerprint density at radius 1 is 1.14 bits per heavy atom. The Kier molecular flexibility index (Phi) is 4.29. The first-order valence-corrected chi connectivity index (χ1v) is 7.82. The molecule has 0 aromatic heterocycles. The van der Waals surface area contributed by atoms with E-state index in [0.29, 0.717) is 16.7 Å². The van der Waals surface area contributed by atoms with Crippen molar-refractivity contribution < 1.29 is 17.5 Å². The molecule has 21 heavy (non-hydrogen) atoms. The number of primary sulfonamides is 1. The minimum Gasteiger partial charge on any atom is -0.495 e. The van der Waals surface area contributed by atoms with Gasteiger partial charge in [-0.2, -0.15) is 0 Å². The van der Waals surface area contributed by atoms with Gasteiger partial charge in [0, 0.05) is 12.0 Å². The van der Waals surface area contributed by atoms with E-state index in [-0.39, 0.29) is 22.9 Å².